The Morgan fingerprint density at radius 2 is 0.493 bits per heavy atom. The Kier molecular flexibility index (Phi) is 17.7. The molecule has 8 heterocycles. The lowest BCUT2D eigenvalue weighted by Crippen LogP contribution is -2.00. The second-order valence-corrected chi connectivity index (χ2v) is 37.1. The largest absolute Gasteiger partial charge is 0.456 e. The van der Waals surface area contributed by atoms with Gasteiger partial charge in [-0.1, -0.05) is 352 Å². The van der Waals surface area contributed by atoms with E-state index < -0.39 is 0 Å². The number of hydrogen-bond donors (Lipinski definition) is 0. The van der Waals surface area contributed by atoms with Gasteiger partial charge in [-0.15, -0.1) is 11.3 Å². The quantitative estimate of drug-likeness (QED) is 0.121. The SMILES string of the molecule is c1ccc(-c2nc(-c3cccc(-c4nc5ccccc5c5c(-c6ccc7c8ccccc8c8ccccc8c7c6)c6c(cc45)oc4ccccc46)c3)nc(-c3cccc4c3oc3ccccc34)n2)cc1.c1ccc(-c2nc(-c3cccc(-c4nc5ccccc5c5c(-c6ccc7c8ccccc8c8ccccc8c7c6)c6c(cc45)oc4ccccc46)c3)nc(-c3cccc4c3sc3ccccc34)n2)cc1. The molecule has 0 amide bonds. The second kappa shape index (κ2) is 31.5. The monoisotopic (exact) mass is 1800 g/mol. The summed E-state index contributed by atoms with van der Waals surface area (Å²) in [6.07, 6.45) is 0. The maximum Gasteiger partial charge on any atom is 0.167 e. The van der Waals surface area contributed by atoms with Crippen LogP contribution in [0.5, 0.6) is 0 Å². The Morgan fingerprint density at radius 1 is 0.164 bits per heavy atom. The van der Waals surface area contributed by atoms with E-state index >= 15 is 0 Å². The van der Waals surface area contributed by atoms with Gasteiger partial charge in [0.2, 0.25) is 0 Å². The highest BCUT2D eigenvalue weighted by atomic mass is 32.1. The van der Waals surface area contributed by atoms with E-state index in [-0.39, 0.29) is 0 Å². The number of fused-ring (bicyclic) bond motifs is 30. The Bertz CT molecular complexity index is 9860. The number of pyridine rings is 2. The van der Waals surface area contributed by atoms with Gasteiger partial charge in [0, 0.05) is 135 Å². The molecule has 22 aromatic carbocycles. The van der Waals surface area contributed by atoms with E-state index in [1.165, 1.54) is 80.1 Å². The molecule has 30 rings (SSSR count). The first-order valence-electron chi connectivity index (χ1n) is 47.1. The molecule has 0 saturated heterocycles. The number of furan rings is 3. The number of nitrogens with zero attached hydrogens (tertiary/aromatic N) is 8. The van der Waals surface area contributed by atoms with E-state index in [1.807, 2.05) is 91.0 Å². The predicted molar refractivity (Wildman–Crippen MR) is 579 cm³/mol. The molecule has 0 saturated carbocycles. The van der Waals surface area contributed by atoms with Crippen molar-refractivity contribution in [2.75, 3.05) is 0 Å². The maximum absolute atomic E-state index is 6.84. The van der Waals surface area contributed by atoms with Crippen molar-refractivity contribution in [3.8, 4) is 113 Å². The van der Waals surface area contributed by atoms with Gasteiger partial charge in [0.25, 0.3) is 0 Å². The Morgan fingerprint density at radius 3 is 0.964 bits per heavy atom. The van der Waals surface area contributed by atoms with Crippen molar-refractivity contribution < 1.29 is 13.3 Å². The molecule has 12 heteroatoms. The van der Waals surface area contributed by atoms with Crippen molar-refractivity contribution in [2.24, 2.45) is 0 Å². The third-order valence-corrected chi connectivity index (χ3v) is 29.4. The molecule has 0 atom stereocenters. The zero-order valence-electron chi connectivity index (χ0n) is 74.8. The van der Waals surface area contributed by atoms with Crippen LogP contribution in [0.15, 0.2) is 450 Å². The van der Waals surface area contributed by atoms with Gasteiger partial charge in [-0.05, 0) is 161 Å². The Labute approximate surface area is 802 Å². The molecule has 0 bridgehead atoms. The van der Waals surface area contributed by atoms with Crippen molar-refractivity contribution in [1.29, 1.82) is 0 Å². The molecule has 0 aliphatic heterocycles. The summed E-state index contributed by atoms with van der Waals surface area (Å²) < 4.78 is 22.6. The van der Waals surface area contributed by atoms with Gasteiger partial charge in [0.1, 0.15) is 33.5 Å². The lowest BCUT2D eigenvalue weighted by atomic mass is 9.87. The minimum atomic E-state index is 0.529. The maximum atomic E-state index is 6.84. The number of para-hydroxylation sites is 6. The van der Waals surface area contributed by atoms with Gasteiger partial charge in [0.05, 0.1) is 28.0 Å². The van der Waals surface area contributed by atoms with Gasteiger partial charge in [0.15, 0.2) is 34.9 Å². The second-order valence-electron chi connectivity index (χ2n) is 36.0. The van der Waals surface area contributed by atoms with Gasteiger partial charge in [-0.2, -0.15) is 0 Å². The highest BCUT2D eigenvalue weighted by Gasteiger charge is 2.29. The summed E-state index contributed by atoms with van der Waals surface area (Å²) in [6.45, 7) is 0. The van der Waals surface area contributed by atoms with Gasteiger partial charge in [-0.3, -0.25) is 0 Å². The fourth-order valence-electron chi connectivity index (χ4n) is 21.9. The number of rotatable bonds is 10. The fourth-order valence-corrected chi connectivity index (χ4v) is 23.1. The van der Waals surface area contributed by atoms with E-state index in [1.54, 1.807) is 11.3 Å². The van der Waals surface area contributed by atoms with Crippen LogP contribution in [-0.4, -0.2) is 39.9 Å². The first-order valence-corrected chi connectivity index (χ1v) is 47.9. The summed E-state index contributed by atoms with van der Waals surface area (Å²) in [4.78, 5) is 42.2. The van der Waals surface area contributed by atoms with Crippen molar-refractivity contribution in [2.45, 2.75) is 0 Å². The number of thiophene rings is 1. The van der Waals surface area contributed by atoms with E-state index in [9.17, 15) is 0 Å². The Balaban J connectivity index is 0.000000134. The van der Waals surface area contributed by atoms with Crippen molar-refractivity contribution in [3.63, 3.8) is 0 Å². The highest BCUT2D eigenvalue weighted by Crippen LogP contribution is 2.53. The standard InChI is InChI=1S/C64H36N4O2.C64H36N4OS/c1-2-16-37(17-3-1)62-66-63(68-64(67-62)50-28-15-27-47-46-24-9-12-30-54(46)70-61(47)50)40-19-14-18-39(34-40)60-52-36-56-59(49-26-10-13-31-55(49)69-56)57(58(52)48-25-8-11-29-53(48)65-60)38-32-33-45-43-22-5-4-20-41(43)42-21-6-7-23-44(42)51(45)35-38;1-2-16-37(17-3-1)62-66-63(68-64(67-62)50-28-15-27-47-46-24-10-13-31-56(46)70-61(47)50)40-19-14-18-39(34-40)60-52-36-55-59(49-26-9-12-30-54(49)69-55)57(58(52)48-25-8-11-29-53(48)65-60)38-32-33-45-43-22-5-4-20-41(43)42-21-6-7-23-44(42)51(45)35-38/h2*1-36H. The summed E-state index contributed by atoms with van der Waals surface area (Å²) in [5.74, 6) is 3.48. The molecule has 0 radical (unpaired) electrons. The summed E-state index contributed by atoms with van der Waals surface area (Å²) in [6, 6.07) is 154. The summed E-state index contributed by atoms with van der Waals surface area (Å²) in [5, 5.41) is 30.0. The van der Waals surface area contributed by atoms with Crippen LogP contribution < -0.4 is 0 Å². The van der Waals surface area contributed by atoms with Crippen LogP contribution in [0.1, 0.15) is 0 Å². The summed E-state index contributed by atoms with van der Waals surface area (Å²) in [7, 11) is 0. The molecule has 140 heavy (non-hydrogen) atoms. The van der Waals surface area contributed by atoms with Crippen molar-refractivity contribution in [1.82, 2.24) is 39.9 Å². The van der Waals surface area contributed by atoms with Crippen LogP contribution in [0.25, 0.3) is 307 Å². The molecule has 0 aliphatic rings. The molecule has 0 aliphatic carbocycles. The minimum absolute atomic E-state index is 0.529. The molecular formula is C128H72N8O3S. The zero-order chi connectivity index (χ0) is 91.7. The molecule has 0 N–H and O–H groups in total. The van der Waals surface area contributed by atoms with E-state index in [0.29, 0.717) is 34.9 Å². The molecule has 8 aromatic heterocycles. The minimum Gasteiger partial charge on any atom is -0.456 e. The molecular weight excluding hydrogens is 1730 g/mol. The molecule has 648 valence electrons. The first kappa shape index (κ1) is 78.8. The van der Waals surface area contributed by atoms with Crippen molar-refractivity contribution >= 4 is 205 Å². The van der Waals surface area contributed by atoms with Crippen LogP contribution >= 0.6 is 11.3 Å². The molecule has 30 aromatic rings. The van der Waals surface area contributed by atoms with Crippen LogP contribution in [0.4, 0.5) is 0 Å². The molecule has 0 unspecified atom stereocenters. The lowest BCUT2D eigenvalue weighted by Gasteiger charge is -2.17. The third kappa shape index (κ3) is 12.5. The van der Waals surface area contributed by atoms with Crippen LogP contribution in [-0.2, 0) is 0 Å². The first-order chi connectivity index (χ1) is 69.4. The fraction of sp³-hybridized carbons (Fsp3) is 0. The van der Waals surface area contributed by atoms with Crippen LogP contribution in [0.2, 0.25) is 0 Å². The van der Waals surface area contributed by atoms with Gasteiger partial charge in [-0.25, -0.2) is 39.9 Å². The van der Waals surface area contributed by atoms with E-state index in [4.69, 9.17) is 53.1 Å². The van der Waals surface area contributed by atoms with Gasteiger partial charge >= 0.3 is 0 Å². The number of benzene rings is 22. The predicted octanol–water partition coefficient (Wildman–Crippen LogP) is 34.8. The average molecular weight is 1800 g/mol. The molecule has 0 spiro atoms. The van der Waals surface area contributed by atoms with Gasteiger partial charge < -0.3 is 13.3 Å². The highest BCUT2D eigenvalue weighted by molar-refractivity contribution is 7.26. The molecule has 11 nitrogen and oxygen atoms in total. The zero-order valence-corrected chi connectivity index (χ0v) is 75.6. The Hall–Kier alpha value is -18.6. The van der Waals surface area contributed by atoms with Crippen LogP contribution in [0.3, 0.4) is 0 Å². The van der Waals surface area contributed by atoms with Crippen LogP contribution in [0, 0.1) is 0 Å². The number of aromatic nitrogens is 8. The van der Waals surface area contributed by atoms with E-state index in [0.717, 1.165) is 192 Å². The summed E-state index contributed by atoms with van der Waals surface area (Å²) >= 11 is 1.77. The van der Waals surface area contributed by atoms with E-state index in [2.05, 4.69) is 346 Å². The smallest absolute Gasteiger partial charge is 0.167 e. The average Bonchev–Trinajstić information content (AvgIpc) is 1.38. The van der Waals surface area contributed by atoms with Crippen molar-refractivity contribution in [3.05, 3.63) is 437 Å². The number of hydrogen-bond acceptors (Lipinski definition) is 12. The lowest BCUT2D eigenvalue weighted by molar-refractivity contribution is 0.669. The summed E-state index contributed by atoms with van der Waals surface area (Å²) in [5.41, 5.74) is 20.0. The third-order valence-electron chi connectivity index (χ3n) is 28.1. The topological polar surface area (TPSA) is 143 Å². The normalized spacial score (nSPS) is 12.0. The molecule has 0 fully saturated rings.